The number of aromatic hydroxyl groups is 1. The lowest BCUT2D eigenvalue weighted by Crippen LogP contribution is -2.15. The molecular formula is C18H19NO4. The Balaban J connectivity index is 1.69. The molecule has 1 N–H and O–H groups in total. The van der Waals surface area contributed by atoms with Crippen molar-refractivity contribution in [1.82, 2.24) is 4.57 Å². The fourth-order valence-electron chi connectivity index (χ4n) is 2.89. The fourth-order valence-corrected chi connectivity index (χ4v) is 2.89. The molecule has 1 aliphatic rings. The number of aromatic nitrogens is 1. The molecule has 0 aliphatic heterocycles. The standard InChI is InChI=1S/C18H19NO4/c1-11-9-15(12(2)19(11)13-7-8-13)17(21)10-23-18(22)14-5-3-4-6-16(14)20/h3-6,9,13,20H,7-8,10H2,1-2H3. The molecule has 5 heteroatoms. The molecule has 120 valence electrons. The second kappa shape index (κ2) is 5.91. The minimum Gasteiger partial charge on any atom is -0.507 e. The van der Waals surface area contributed by atoms with Gasteiger partial charge >= 0.3 is 5.97 Å². The number of hydrogen-bond donors (Lipinski definition) is 1. The van der Waals surface area contributed by atoms with Crippen LogP contribution in [0.3, 0.4) is 0 Å². The van der Waals surface area contributed by atoms with Gasteiger partial charge in [0.15, 0.2) is 6.61 Å². The highest BCUT2D eigenvalue weighted by molar-refractivity contribution is 6.00. The highest BCUT2D eigenvalue weighted by Crippen LogP contribution is 2.38. The van der Waals surface area contributed by atoms with Crippen LogP contribution in [0.2, 0.25) is 0 Å². The molecule has 0 saturated heterocycles. The molecule has 1 fully saturated rings. The number of rotatable bonds is 5. The van der Waals surface area contributed by atoms with Crippen LogP contribution in [0.4, 0.5) is 0 Å². The van der Waals surface area contributed by atoms with Crippen molar-refractivity contribution >= 4 is 11.8 Å². The zero-order valence-electron chi connectivity index (χ0n) is 13.2. The summed E-state index contributed by atoms with van der Waals surface area (Å²) in [5.41, 5.74) is 2.64. The first kappa shape index (κ1) is 15.3. The number of nitrogens with zero attached hydrogens (tertiary/aromatic N) is 1. The quantitative estimate of drug-likeness (QED) is 0.680. The summed E-state index contributed by atoms with van der Waals surface area (Å²) >= 11 is 0. The first-order valence-corrected chi connectivity index (χ1v) is 7.65. The van der Waals surface area contributed by atoms with Crippen molar-refractivity contribution < 1.29 is 19.4 Å². The van der Waals surface area contributed by atoms with E-state index in [1.54, 1.807) is 12.1 Å². The number of aryl methyl sites for hydroxylation is 1. The Labute approximate surface area is 134 Å². The van der Waals surface area contributed by atoms with E-state index in [1.165, 1.54) is 12.1 Å². The molecule has 23 heavy (non-hydrogen) atoms. The number of ether oxygens (including phenoxy) is 1. The smallest absolute Gasteiger partial charge is 0.342 e. The average molecular weight is 313 g/mol. The Morgan fingerprint density at radius 2 is 1.91 bits per heavy atom. The van der Waals surface area contributed by atoms with Gasteiger partial charge in [0.25, 0.3) is 0 Å². The van der Waals surface area contributed by atoms with Crippen molar-refractivity contribution in [3.63, 3.8) is 0 Å². The number of phenolic OH excluding ortho intramolecular Hbond substituents is 1. The number of carbonyl (C=O) groups excluding carboxylic acids is 2. The Morgan fingerprint density at radius 3 is 2.57 bits per heavy atom. The van der Waals surface area contributed by atoms with E-state index >= 15 is 0 Å². The number of benzene rings is 1. The van der Waals surface area contributed by atoms with E-state index in [-0.39, 0.29) is 23.7 Å². The van der Waals surface area contributed by atoms with Crippen LogP contribution in [-0.2, 0) is 4.74 Å². The van der Waals surface area contributed by atoms with Crippen LogP contribution in [0.15, 0.2) is 30.3 Å². The molecule has 1 aromatic heterocycles. The number of ketones is 1. The van der Waals surface area contributed by atoms with E-state index in [4.69, 9.17) is 4.74 Å². The molecule has 5 nitrogen and oxygen atoms in total. The van der Waals surface area contributed by atoms with Gasteiger partial charge in [0, 0.05) is 23.0 Å². The van der Waals surface area contributed by atoms with Crippen LogP contribution in [0.25, 0.3) is 0 Å². The average Bonchev–Trinajstić information content (AvgIpc) is 3.30. The molecule has 3 rings (SSSR count). The van der Waals surface area contributed by atoms with Crippen molar-refractivity contribution in [1.29, 1.82) is 0 Å². The van der Waals surface area contributed by atoms with Crippen LogP contribution in [0.5, 0.6) is 5.75 Å². The third-order valence-electron chi connectivity index (χ3n) is 4.16. The van der Waals surface area contributed by atoms with E-state index in [1.807, 2.05) is 19.9 Å². The summed E-state index contributed by atoms with van der Waals surface area (Å²) in [5.74, 6) is -1.09. The molecule has 1 saturated carbocycles. The van der Waals surface area contributed by atoms with Crippen molar-refractivity contribution in [3.05, 3.63) is 52.8 Å². The molecule has 0 spiro atoms. The minimum absolute atomic E-state index is 0.0590. The van der Waals surface area contributed by atoms with E-state index in [0.29, 0.717) is 11.6 Å². The third-order valence-corrected chi connectivity index (χ3v) is 4.16. The molecule has 1 aliphatic carbocycles. The van der Waals surface area contributed by atoms with Crippen molar-refractivity contribution in [2.75, 3.05) is 6.61 Å². The van der Waals surface area contributed by atoms with Crippen LogP contribution in [0, 0.1) is 13.8 Å². The molecule has 0 radical (unpaired) electrons. The Morgan fingerprint density at radius 1 is 1.22 bits per heavy atom. The second-order valence-electron chi connectivity index (χ2n) is 5.90. The molecule has 1 aromatic carbocycles. The van der Waals surface area contributed by atoms with Gasteiger partial charge in [-0.1, -0.05) is 12.1 Å². The van der Waals surface area contributed by atoms with Gasteiger partial charge < -0.3 is 14.4 Å². The highest BCUT2D eigenvalue weighted by Gasteiger charge is 2.28. The molecule has 0 atom stereocenters. The molecule has 2 aromatic rings. The predicted octanol–water partition coefficient (Wildman–Crippen LogP) is 3.19. The maximum absolute atomic E-state index is 12.3. The van der Waals surface area contributed by atoms with Gasteiger partial charge in [0.05, 0.1) is 0 Å². The zero-order valence-corrected chi connectivity index (χ0v) is 13.2. The molecule has 1 heterocycles. The van der Waals surface area contributed by atoms with Gasteiger partial charge in [-0.2, -0.15) is 0 Å². The fraction of sp³-hybridized carbons (Fsp3) is 0.333. The summed E-state index contributed by atoms with van der Waals surface area (Å²) < 4.78 is 7.23. The van der Waals surface area contributed by atoms with Gasteiger partial charge in [0.2, 0.25) is 5.78 Å². The molecule has 0 amide bonds. The number of hydrogen-bond acceptors (Lipinski definition) is 4. The number of para-hydroxylation sites is 1. The van der Waals surface area contributed by atoms with Crippen LogP contribution in [0.1, 0.15) is 51.0 Å². The Bertz CT molecular complexity index is 771. The Hall–Kier alpha value is -2.56. The number of esters is 1. The minimum atomic E-state index is -0.701. The second-order valence-corrected chi connectivity index (χ2v) is 5.90. The van der Waals surface area contributed by atoms with Crippen LogP contribution >= 0.6 is 0 Å². The monoisotopic (exact) mass is 313 g/mol. The van der Waals surface area contributed by atoms with Gasteiger partial charge in [-0.15, -0.1) is 0 Å². The SMILES string of the molecule is Cc1cc(C(=O)COC(=O)c2ccccc2O)c(C)n1C1CC1. The summed E-state index contributed by atoms with van der Waals surface area (Å²) in [6.45, 7) is 3.57. The largest absolute Gasteiger partial charge is 0.507 e. The summed E-state index contributed by atoms with van der Waals surface area (Å²) in [6.07, 6.45) is 2.29. The van der Waals surface area contributed by atoms with Gasteiger partial charge in [-0.25, -0.2) is 4.79 Å². The number of carbonyl (C=O) groups is 2. The first-order chi connectivity index (χ1) is 11.0. The Kier molecular flexibility index (Phi) is 3.94. The predicted molar refractivity (Wildman–Crippen MR) is 84.9 cm³/mol. The van der Waals surface area contributed by atoms with E-state index < -0.39 is 5.97 Å². The normalized spacial score (nSPS) is 13.8. The topological polar surface area (TPSA) is 68.5 Å². The first-order valence-electron chi connectivity index (χ1n) is 7.65. The lowest BCUT2D eigenvalue weighted by atomic mass is 10.1. The lowest BCUT2D eigenvalue weighted by Gasteiger charge is -2.08. The zero-order chi connectivity index (χ0) is 16.6. The summed E-state index contributed by atoms with van der Waals surface area (Å²) in [6, 6.07) is 8.46. The molecule has 0 unspecified atom stereocenters. The molecular weight excluding hydrogens is 294 g/mol. The third kappa shape index (κ3) is 2.99. The summed E-state index contributed by atoms with van der Waals surface area (Å²) in [7, 11) is 0. The maximum Gasteiger partial charge on any atom is 0.342 e. The number of Topliss-reactive ketones (excluding diaryl/α,β-unsaturated/α-hetero) is 1. The summed E-state index contributed by atoms with van der Waals surface area (Å²) in [5, 5.41) is 9.63. The van der Waals surface area contributed by atoms with Gasteiger partial charge in [-0.3, -0.25) is 4.79 Å². The van der Waals surface area contributed by atoms with Gasteiger partial charge in [-0.05, 0) is 44.9 Å². The van der Waals surface area contributed by atoms with Crippen molar-refractivity contribution in [3.8, 4) is 5.75 Å². The number of phenols is 1. The maximum atomic E-state index is 12.3. The van der Waals surface area contributed by atoms with Gasteiger partial charge in [0.1, 0.15) is 11.3 Å². The van der Waals surface area contributed by atoms with E-state index in [2.05, 4.69) is 4.57 Å². The van der Waals surface area contributed by atoms with Crippen LogP contribution in [-0.4, -0.2) is 28.0 Å². The van der Waals surface area contributed by atoms with E-state index in [0.717, 1.165) is 24.2 Å². The molecule has 0 bridgehead atoms. The van der Waals surface area contributed by atoms with Crippen molar-refractivity contribution in [2.45, 2.75) is 32.7 Å². The lowest BCUT2D eigenvalue weighted by molar-refractivity contribution is 0.0471. The summed E-state index contributed by atoms with van der Waals surface area (Å²) in [4.78, 5) is 24.3. The van der Waals surface area contributed by atoms with Crippen LogP contribution < -0.4 is 0 Å². The van der Waals surface area contributed by atoms with Crippen molar-refractivity contribution in [2.24, 2.45) is 0 Å². The highest BCUT2D eigenvalue weighted by atomic mass is 16.5. The van der Waals surface area contributed by atoms with E-state index in [9.17, 15) is 14.7 Å².